The normalized spacial score (nSPS) is 10.7. The first-order chi connectivity index (χ1) is 10.2. The van der Waals surface area contributed by atoms with Gasteiger partial charge in [-0.25, -0.2) is 14.4 Å². The highest BCUT2D eigenvalue weighted by Crippen LogP contribution is 2.28. The zero-order valence-electron chi connectivity index (χ0n) is 13.1. The Morgan fingerprint density at radius 2 is 2.09 bits per heavy atom. The van der Waals surface area contributed by atoms with Crippen molar-refractivity contribution >= 4 is 23.4 Å². The van der Waals surface area contributed by atoms with Gasteiger partial charge in [-0.2, -0.15) is 0 Å². The van der Waals surface area contributed by atoms with Crippen molar-refractivity contribution in [2.24, 2.45) is 0 Å². The standard InChI is InChI=1S/C14H20N4O4/c1-14(2,3)22-13(20)17-6-7-18-8-9(16-4)10(15)11(18)12(19)21-5/h8H,6-7,15H2,1-3,5H3,(H,17,20). The third kappa shape index (κ3) is 4.41. The number of methoxy groups -OCH3 is 1. The molecule has 120 valence electrons. The van der Waals surface area contributed by atoms with Crippen LogP contribution < -0.4 is 11.1 Å². The number of aromatic nitrogens is 1. The van der Waals surface area contributed by atoms with Crippen LogP contribution in [0.3, 0.4) is 0 Å². The number of amides is 1. The molecule has 0 saturated heterocycles. The fourth-order valence-electron chi connectivity index (χ4n) is 1.74. The highest BCUT2D eigenvalue weighted by atomic mass is 16.6. The van der Waals surface area contributed by atoms with Gasteiger partial charge in [0.2, 0.25) is 5.69 Å². The lowest BCUT2D eigenvalue weighted by Crippen LogP contribution is -2.34. The number of carbonyl (C=O) groups excluding carboxylic acids is 2. The van der Waals surface area contributed by atoms with Crippen molar-refractivity contribution < 1.29 is 19.1 Å². The molecule has 0 aliphatic carbocycles. The first-order valence-corrected chi connectivity index (χ1v) is 6.61. The highest BCUT2D eigenvalue weighted by molar-refractivity contribution is 5.97. The Morgan fingerprint density at radius 1 is 1.45 bits per heavy atom. The zero-order valence-corrected chi connectivity index (χ0v) is 13.1. The number of hydrogen-bond acceptors (Lipinski definition) is 5. The van der Waals surface area contributed by atoms with E-state index < -0.39 is 17.7 Å². The van der Waals surface area contributed by atoms with Crippen LogP contribution >= 0.6 is 0 Å². The summed E-state index contributed by atoms with van der Waals surface area (Å²) < 4.78 is 11.2. The molecule has 0 radical (unpaired) electrons. The lowest BCUT2D eigenvalue weighted by atomic mass is 10.2. The van der Waals surface area contributed by atoms with E-state index >= 15 is 0 Å². The predicted octanol–water partition coefficient (Wildman–Crippen LogP) is 1.93. The average Bonchev–Trinajstić information content (AvgIpc) is 2.72. The van der Waals surface area contributed by atoms with Gasteiger partial charge in [0.1, 0.15) is 11.3 Å². The summed E-state index contributed by atoms with van der Waals surface area (Å²) in [5.41, 5.74) is 5.50. The molecule has 8 nitrogen and oxygen atoms in total. The maximum Gasteiger partial charge on any atom is 0.407 e. The van der Waals surface area contributed by atoms with Crippen LogP contribution in [0.25, 0.3) is 4.85 Å². The maximum absolute atomic E-state index is 11.7. The van der Waals surface area contributed by atoms with Crippen molar-refractivity contribution in [1.29, 1.82) is 0 Å². The lowest BCUT2D eigenvalue weighted by Gasteiger charge is -2.19. The molecule has 0 fully saturated rings. The van der Waals surface area contributed by atoms with E-state index in [4.69, 9.17) is 17.0 Å². The number of alkyl carbamates (subject to hydrolysis) is 1. The molecule has 0 aliphatic heterocycles. The van der Waals surface area contributed by atoms with Gasteiger partial charge in [-0.05, 0) is 20.8 Å². The molecule has 0 spiro atoms. The summed E-state index contributed by atoms with van der Waals surface area (Å²) in [4.78, 5) is 26.5. The van der Waals surface area contributed by atoms with Gasteiger partial charge in [-0.3, -0.25) is 0 Å². The van der Waals surface area contributed by atoms with Gasteiger partial charge >= 0.3 is 12.1 Å². The number of ether oxygens (including phenoxy) is 2. The summed E-state index contributed by atoms with van der Waals surface area (Å²) in [5.74, 6) is -0.635. The summed E-state index contributed by atoms with van der Waals surface area (Å²) in [6, 6.07) is 0. The minimum atomic E-state index is -0.635. The van der Waals surface area contributed by atoms with Crippen LogP contribution in [0.1, 0.15) is 31.3 Å². The number of hydrogen-bond donors (Lipinski definition) is 2. The topological polar surface area (TPSA) is 99.9 Å². The highest BCUT2D eigenvalue weighted by Gasteiger charge is 2.21. The second-order valence-corrected chi connectivity index (χ2v) is 5.50. The molecule has 0 aromatic carbocycles. The van der Waals surface area contributed by atoms with Gasteiger partial charge in [0.25, 0.3) is 0 Å². The summed E-state index contributed by atoms with van der Waals surface area (Å²) in [6.45, 7) is 12.8. The Balaban J connectivity index is 2.76. The number of nitrogens with zero attached hydrogens (tertiary/aromatic N) is 2. The van der Waals surface area contributed by atoms with Crippen molar-refractivity contribution in [1.82, 2.24) is 9.88 Å². The second kappa shape index (κ2) is 6.85. The predicted molar refractivity (Wildman–Crippen MR) is 80.7 cm³/mol. The van der Waals surface area contributed by atoms with Gasteiger partial charge in [-0.15, -0.1) is 0 Å². The molecule has 1 amide bonds. The van der Waals surface area contributed by atoms with Crippen molar-refractivity contribution in [2.45, 2.75) is 32.9 Å². The van der Waals surface area contributed by atoms with Crippen LogP contribution in [0.5, 0.6) is 0 Å². The Hall–Kier alpha value is -2.69. The van der Waals surface area contributed by atoms with Crippen molar-refractivity contribution in [3.8, 4) is 0 Å². The molecular weight excluding hydrogens is 288 g/mol. The monoisotopic (exact) mass is 308 g/mol. The van der Waals surface area contributed by atoms with E-state index in [1.165, 1.54) is 17.9 Å². The third-order valence-corrected chi connectivity index (χ3v) is 2.62. The van der Waals surface area contributed by atoms with E-state index in [9.17, 15) is 9.59 Å². The fraction of sp³-hybridized carbons (Fsp3) is 0.500. The molecule has 22 heavy (non-hydrogen) atoms. The van der Waals surface area contributed by atoms with E-state index in [2.05, 4.69) is 14.9 Å². The van der Waals surface area contributed by atoms with E-state index in [1.54, 1.807) is 20.8 Å². The maximum atomic E-state index is 11.7. The van der Waals surface area contributed by atoms with Crippen LogP contribution in [0.2, 0.25) is 0 Å². The molecule has 3 N–H and O–H groups in total. The van der Waals surface area contributed by atoms with E-state index in [1.807, 2.05) is 0 Å². The first-order valence-electron chi connectivity index (χ1n) is 6.61. The Labute approximate surface area is 129 Å². The molecule has 0 unspecified atom stereocenters. The summed E-state index contributed by atoms with van der Waals surface area (Å²) in [6.07, 6.45) is 0.892. The molecule has 0 bridgehead atoms. The van der Waals surface area contributed by atoms with Gasteiger partial charge in [-0.1, -0.05) is 0 Å². The Morgan fingerprint density at radius 3 is 2.59 bits per heavy atom. The summed E-state index contributed by atoms with van der Waals surface area (Å²) in [7, 11) is 1.23. The molecule has 0 saturated carbocycles. The average molecular weight is 308 g/mol. The van der Waals surface area contributed by atoms with Crippen molar-refractivity contribution in [2.75, 3.05) is 19.4 Å². The number of esters is 1. The smallest absolute Gasteiger partial charge is 0.407 e. The molecular formula is C14H20N4O4. The fourth-order valence-corrected chi connectivity index (χ4v) is 1.74. The minimum absolute atomic E-state index is 0.0686. The van der Waals surface area contributed by atoms with Gasteiger partial charge in [0.05, 0.1) is 19.4 Å². The molecule has 1 rings (SSSR count). The van der Waals surface area contributed by atoms with Crippen molar-refractivity contribution in [3.63, 3.8) is 0 Å². The first kappa shape index (κ1) is 17.4. The SMILES string of the molecule is [C-]#[N+]c1cn(CCNC(=O)OC(C)(C)C)c(C(=O)OC)c1N. The van der Waals surface area contributed by atoms with E-state index in [0.717, 1.165) is 0 Å². The Bertz CT molecular complexity index is 608. The van der Waals surface area contributed by atoms with Crippen LogP contribution in [-0.4, -0.2) is 35.9 Å². The Kier molecular flexibility index (Phi) is 5.40. The largest absolute Gasteiger partial charge is 0.464 e. The molecule has 1 aromatic rings. The molecule has 0 atom stereocenters. The number of nitrogens with one attached hydrogen (secondary N) is 1. The van der Waals surface area contributed by atoms with Crippen LogP contribution in [0, 0.1) is 6.57 Å². The number of nitrogen functional groups attached to an aromatic ring is 1. The second-order valence-electron chi connectivity index (χ2n) is 5.50. The number of rotatable bonds is 4. The number of nitrogens with two attached hydrogens (primary N) is 1. The van der Waals surface area contributed by atoms with Gasteiger partial charge in [0.15, 0.2) is 0 Å². The lowest BCUT2D eigenvalue weighted by molar-refractivity contribution is 0.0526. The quantitative estimate of drug-likeness (QED) is 0.654. The zero-order chi connectivity index (χ0) is 16.9. The van der Waals surface area contributed by atoms with E-state index in [-0.39, 0.29) is 30.2 Å². The third-order valence-electron chi connectivity index (χ3n) is 2.62. The number of carbonyl (C=O) groups is 2. The molecule has 0 aliphatic rings. The van der Waals surface area contributed by atoms with Gasteiger partial charge < -0.3 is 25.1 Å². The summed E-state index contributed by atoms with van der Waals surface area (Å²) in [5, 5.41) is 2.57. The molecule has 1 heterocycles. The van der Waals surface area contributed by atoms with Crippen molar-refractivity contribution in [3.05, 3.63) is 23.3 Å². The molecule has 8 heteroatoms. The van der Waals surface area contributed by atoms with Crippen LogP contribution in [-0.2, 0) is 16.0 Å². The summed E-state index contributed by atoms with van der Waals surface area (Å²) >= 11 is 0. The minimum Gasteiger partial charge on any atom is -0.464 e. The van der Waals surface area contributed by atoms with Gasteiger partial charge in [0, 0.05) is 19.3 Å². The van der Waals surface area contributed by atoms with E-state index in [0.29, 0.717) is 0 Å². The van der Waals surface area contributed by atoms with Crippen LogP contribution in [0.15, 0.2) is 6.20 Å². The van der Waals surface area contributed by atoms with Crippen LogP contribution in [0.4, 0.5) is 16.2 Å². The molecule has 1 aromatic heterocycles. The number of anilines is 1.